The van der Waals surface area contributed by atoms with E-state index in [1.165, 1.54) is 11.8 Å². The Labute approximate surface area is 174 Å². The Balaban J connectivity index is 1.64. The largest absolute Gasteiger partial charge is 0.325 e. The van der Waals surface area contributed by atoms with Crippen molar-refractivity contribution < 1.29 is 4.79 Å². The van der Waals surface area contributed by atoms with Gasteiger partial charge in [0.1, 0.15) is 0 Å². The molecule has 1 aromatic heterocycles. The van der Waals surface area contributed by atoms with Crippen LogP contribution in [0.25, 0.3) is 11.4 Å². The van der Waals surface area contributed by atoms with Gasteiger partial charge in [-0.15, -0.1) is 10.2 Å². The van der Waals surface area contributed by atoms with Crippen LogP contribution in [-0.2, 0) is 11.8 Å². The van der Waals surface area contributed by atoms with Crippen molar-refractivity contribution in [2.45, 2.75) is 12.1 Å². The summed E-state index contributed by atoms with van der Waals surface area (Å²) in [5.41, 5.74) is 2.80. The Kier molecular flexibility index (Phi) is 6.20. The first-order valence-electron chi connectivity index (χ1n) is 7.78. The summed E-state index contributed by atoms with van der Waals surface area (Å²) in [6.07, 6.45) is 0. The number of amides is 1. The van der Waals surface area contributed by atoms with Crippen LogP contribution < -0.4 is 5.32 Å². The molecule has 0 saturated carbocycles. The van der Waals surface area contributed by atoms with Gasteiger partial charge in [0.05, 0.1) is 5.75 Å². The predicted molar refractivity (Wildman–Crippen MR) is 115 cm³/mol. The topological polar surface area (TPSA) is 59.8 Å². The third-order valence-electron chi connectivity index (χ3n) is 3.73. The molecule has 26 heavy (non-hydrogen) atoms. The molecule has 2 aromatic carbocycles. The van der Waals surface area contributed by atoms with Gasteiger partial charge in [-0.05, 0) is 77.5 Å². The van der Waals surface area contributed by atoms with Gasteiger partial charge in [-0.25, -0.2) is 0 Å². The highest BCUT2D eigenvalue weighted by atomic mass is 127. The van der Waals surface area contributed by atoms with E-state index in [1.807, 2.05) is 61.0 Å². The number of hydrogen-bond donors (Lipinski definition) is 1. The number of aryl methyl sites for hydroxylation is 1. The Morgan fingerprint density at radius 1 is 1.23 bits per heavy atom. The number of nitrogens with one attached hydrogen (secondary N) is 1. The van der Waals surface area contributed by atoms with E-state index in [2.05, 4.69) is 38.1 Å². The monoisotopic (exact) mass is 498 g/mol. The van der Waals surface area contributed by atoms with E-state index in [1.54, 1.807) is 0 Å². The van der Waals surface area contributed by atoms with E-state index in [4.69, 9.17) is 11.6 Å². The normalized spacial score (nSPS) is 10.8. The molecule has 1 N–H and O–H groups in total. The molecule has 0 aliphatic carbocycles. The standard InChI is InChI=1S/C18H16ClIN4OS/c1-11-9-14(20)7-8-15(11)21-16(25)10-26-18-23-22-17(24(18)2)12-3-5-13(19)6-4-12/h3-9H,10H2,1-2H3,(H,21,25). The molecule has 0 spiro atoms. The van der Waals surface area contributed by atoms with Gasteiger partial charge >= 0.3 is 0 Å². The number of carbonyl (C=O) groups is 1. The van der Waals surface area contributed by atoms with Gasteiger partial charge in [0, 0.05) is 26.9 Å². The fourth-order valence-electron chi connectivity index (χ4n) is 2.37. The van der Waals surface area contributed by atoms with Gasteiger partial charge in [0.15, 0.2) is 11.0 Å². The van der Waals surface area contributed by atoms with Crippen molar-refractivity contribution in [3.05, 3.63) is 56.6 Å². The molecule has 0 radical (unpaired) electrons. The summed E-state index contributed by atoms with van der Waals surface area (Å²) in [6, 6.07) is 13.3. The van der Waals surface area contributed by atoms with E-state index in [0.717, 1.165) is 26.2 Å². The maximum absolute atomic E-state index is 12.2. The Hall–Kier alpha value is -1.58. The van der Waals surface area contributed by atoms with Crippen LogP contribution in [-0.4, -0.2) is 26.4 Å². The van der Waals surface area contributed by atoms with E-state index < -0.39 is 0 Å². The van der Waals surface area contributed by atoms with E-state index in [9.17, 15) is 4.79 Å². The number of hydrogen-bond acceptors (Lipinski definition) is 4. The average molecular weight is 499 g/mol. The third kappa shape index (κ3) is 4.57. The summed E-state index contributed by atoms with van der Waals surface area (Å²) in [5.74, 6) is 0.922. The molecule has 0 unspecified atom stereocenters. The molecule has 0 atom stereocenters. The van der Waals surface area contributed by atoms with Gasteiger partial charge in [0.2, 0.25) is 5.91 Å². The van der Waals surface area contributed by atoms with E-state index in [0.29, 0.717) is 10.2 Å². The lowest BCUT2D eigenvalue weighted by Gasteiger charge is -2.08. The molecule has 1 amide bonds. The molecule has 0 aliphatic rings. The first-order chi connectivity index (χ1) is 12.4. The second-order valence-electron chi connectivity index (χ2n) is 5.67. The number of rotatable bonds is 5. The molecule has 134 valence electrons. The Morgan fingerprint density at radius 3 is 2.65 bits per heavy atom. The van der Waals surface area contributed by atoms with Crippen molar-refractivity contribution in [1.82, 2.24) is 14.8 Å². The number of benzene rings is 2. The molecule has 1 heterocycles. The van der Waals surface area contributed by atoms with Crippen molar-refractivity contribution in [3.63, 3.8) is 0 Å². The number of halogens is 2. The second-order valence-corrected chi connectivity index (χ2v) is 8.29. The number of nitrogens with zero attached hydrogens (tertiary/aromatic N) is 3. The van der Waals surface area contributed by atoms with Crippen molar-refractivity contribution in [2.24, 2.45) is 7.05 Å². The summed E-state index contributed by atoms with van der Waals surface area (Å²) >= 11 is 9.53. The zero-order chi connectivity index (χ0) is 18.7. The van der Waals surface area contributed by atoms with Gasteiger partial charge in [-0.1, -0.05) is 23.4 Å². The van der Waals surface area contributed by atoms with Crippen LogP contribution in [0.5, 0.6) is 0 Å². The molecule has 3 rings (SSSR count). The molecular weight excluding hydrogens is 483 g/mol. The SMILES string of the molecule is Cc1cc(I)ccc1NC(=O)CSc1nnc(-c2ccc(Cl)cc2)n1C. The first kappa shape index (κ1) is 19.2. The summed E-state index contributed by atoms with van der Waals surface area (Å²) in [5, 5.41) is 12.7. The van der Waals surface area contributed by atoms with Crippen molar-refractivity contribution in [1.29, 1.82) is 0 Å². The van der Waals surface area contributed by atoms with Crippen LogP contribution in [0, 0.1) is 10.5 Å². The molecule has 0 saturated heterocycles. The summed E-state index contributed by atoms with van der Waals surface area (Å²) < 4.78 is 3.01. The Bertz CT molecular complexity index is 943. The average Bonchev–Trinajstić information content (AvgIpc) is 2.97. The lowest BCUT2D eigenvalue weighted by Crippen LogP contribution is -2.15. The zero-order valence-corrected chi connectivity index (χ0v) is 17.9. The summed E-state index contributed by atoms with van der Waals surface area (Å²) in [6.45, 7) is 1.98. The Morgan fingerprint density at radius 2 is 1.96 bits per heavy atom. The second kappa shape index (κ2) is 8.41. The predicted octanol–water partition coefficient (Wildman–Crippen LogP) is 4.78. The molecule has 5 nitrogen and oxygen atoms in total. The van der Waals surface area contributed by atoms with Gasteiger partial charge < -0.3 is 9.88 Å². The lowest BCUT2D eigenvalue weighted by atomic mass is 10.2. The van der Waals surface area contributed by atoms with Gasteiger partial charge in [-0.2, -0.15) is 0 Å². The van der Waals surface area contributed by atoms with Crippen molar-refractivity contribution in [3.8, 4) is 11.4 Å². The van der Waals surface area contributed by atoms with Crippen molar-refractivity contribution in [2.75, 3.05) is 11.1 Å². The fraction of sp³-hybridized carbons (Fsp3) is 0.167. The highest BCUT2D eigenvalue weighted by molar-refractivity contribution is 14.1. The zero-order valence-electron chi connectivity index (χ0n) is 14.2. The van der Waals surface area contributed by atoms with Crippen LogP contribution in [0.15, 0.2) is 47.6 Å². The van der Waals surface area contributed by atoms with Crippen LogP contribution in [0.3, 0.4) is 0 Å². The van der Waals surface area contributed by atoms with Crippen molar-refractivity contribution >= 4 is 57.5 Å². The smallest absolute Gasteiger partial charge is 0.234 e. The molecule has 0 bridgehead atoms. The molecule has 8 heteroatoms. The molecule has 0 aliphatic heterocycles. The number of carbonyl (C=O) groups excluding carboxylic acids is 1. The maximum atomic E-state index is 12.2. The van der Waals surface area contributed by atoms with Crippen LogP contribution in [0.4, 0.5) is 5.69 Å². The van der Waals surface area contributed by atoms with E-state index >= 15 is 0 Å². The van der Waals surface area contributed by atoms with Crippen LogP contribution >= 0.6 is 46.0 Å². The minimum Gasteiger partial charge on any atom is -0.325 e. The van der Waals surface area contributed by atoms with Gasteiger partial charge in [0.25, 0.3) is 0 Å². The lowest BCUT2D eigenvalue weighted by molar-refractivity contribution is -0.113. The number of aromatic nitrogens is 3. The third-order valence-corrected chi connectivity index (χ3v) is 5.68. The minimum atomic E-state index is -0.0737. The number of thioether (sulfide) groups is 1. The maximum Gasteiger partial charge on any atom is 0.234 e. The summed E-state index contributed by atoms with van der Waals surface area (Å²) in [7, 11) is 1.88. The highest BCUT2D eigenvalue weighted by Crippen LogP contribution is 2.24. The van der Waals surface area contributed by atoms with E-state index in [-0.39, 0.29) is 11.7 Å². The highest BCUT2D eigenvalue weighted by Gasteiger charge is 2.13. The van der Waals surface area contributed by atoms with Crippen LogP contribution in [0.1, 0.15) is 5.56 Å². The quantitative estimate of drug-likeness (QED) is 0.406. The number of anilines is 1. The first-order valence-corrected chi connectivity index (χ1v) is 10.2. The minimum absolute atomic E-state index is 0.0737. The molecular formula is C18H16ClIN4OS. The van der Waals surface area contributed by atoms with Crippen LogP contribution in [0.2, 0.25) is 5.02 Å². The summed E-state index contributed by atoms with van der Waals surface area (Å²) in [4.78, 5) is 12.2. The fourth-order valence-corrected chi connectivity index (χ4v) is 3.86. The molecule has 0 fully saturated rings. The molecule has 3 aromatic rings. The van der Waals surface area contributed by atoms with Gasteiger partial charge in [-0.3, -0.25) is 4.79 Å².